The van der Waals surface area contributed by atoms with E-state index in [1.54, 1.807) is 0 Å². The van der Waals surface area contributed by atoms with E-state index in [1.807, 2.05) is 62.4 Å². The van der Waals surface area contributed by atoms with Crippen molar-refractivity contribution in [3.05, 3.63) is 71.3 Å². The van der Waals surface area contributed by atoms with Gasteiger partial charge in [-0.15, -0.1) is 11.6 Å². The van der Waals surface area contributed by atoms with E-state index in [4.69, 9.17) is 11.6 Å². The number of carbonyl (C=O) groups excluding carboxylic acids is 1. The van der Waals surface area contributed by atoms with E-state index in [0.29, 0.717) is 0 Å². The van der Waals surface area contributed by atoms with Crippen molar-refractivity contribution in [2.45, 2.75) is 25.3 Å². The van der Waals surface area contributed by atoms with Crippen molar-refractivity contribution in [3.63, 3.8) is 0 Å². The average Bonchev–Trinajstić information content (AvgIpc) is 2.47. The number of alkyl halides is 1. The van der Waals surface area contributed by atoms with Crippen molar-refractivity contribution in [2.24, 2.45) is 0 Å². The predicted molar refractivity (Wildman–Crippen MR) is 82.8 cm³/mol. The lowest BCUT2D eigenvalue weighted by molar-refractivity contribution is -0.121. The number of benzene rings is 2. The van der Waals surface area contributed by atoms with Gasteiger partial charge in [0.25, 0.3) is 0 Å². The van der Waals surface area contributed by atoms with Gasteiger partial charge in [0.2, 0.25) is 5.91 Å². The zero-order valence-electron chi connectivity index (χ0n) is 11.6. The van der Waals surface area contributed by atoms with Gasteiger partial charge in [0.05, 0.1) is 6.04 Å². The number of hydrogen-bond donors (Lipinski definition) is 1. The Morgan fingerprint density at radius 2 is 1.70 bits per heavy atom. The molecule has 1 unspecified atom stereocenters. The van der Waals surface area contributed by atoms with Gasteiger partial charge in [0.15, 0.2) is 0 Å². The van der Waals surface area contributed by atoms with Gasteiger partial charge in [0.1, 0.15) is 5.38 Å². The van der Waals surface area contributed by atoms with Gasteiger partial charge in [-0.1, -0.05) is 60.2 Å². The van der Waals surface area contributed by atoms with Gasteiger partial charge >= 0.3 is 0 Å². The Balaban J connectivity index is 2.04. The summed E-state index contributed by atoms with van der Waals surface area (Å²) in [5.74, 6) is -0.174. The van der Waals surface area contributed by atoms with E-state index in [1.165, 1.54) is 5.56 Å². The van der Waals surface area contributed by atoms with Crippen LogP contribution >= 0.6 is 11.6 Å². The molecule has 0 aliphatic carbocycles. The summed E-state index contributed by atoms with van der Waals surface area (Å²) < 4.78 is 0. The summed E-state index contributed by atoms with van der Waals surface area (Å²) >= 11 is 6.21. The fourth-order valence-corrected chi connectivity index (χ4v) is 2.29. The third-order valence-corrected chi connectivity index (χ3v) is 3.67. The molecule has 0 radical (unpaired) electrons. The third-order valence-electron chi connectivity index (χ3n) is 3.22. The van der Waals surface area contributed by atoms with Crippen molar-refractivity contribution in [3.8, 4) is 0 Å². The minimum absolute atomic E-state index is 0.0626. The molecule has 0 heterocycles. The fourth-order valence-electron chi connectivity index (χ4n) is 2.08. The molecule has 2 aromatic carbocycles. The largest absolute Gasteiger partial charge is 0.348 e. The Hall–Kier alpha value is -1.80. The number of amides is 1. The Bertz CT molecular complexity index is 583. The average molecular weight is 288 g/mol. The molecule has 0 saturated carbocycles. The summed E-state index contributed by atoms with van der Waals surface area (Å²) in [6.07, 6.45) is 0. The van der Waals surface area contributed by atoms with Crippen LogP contribution in [0.15, 0.2) is 54.6 Å². The van der Waals surface area contributed by atoms with Crippen LogP contribution < -0.4 is 5.32 Å². The van der Waals surface area contributed by atoms with Crippen LogP contribution in [0.4, 0.5) is 0 Å². The van der Waals surface area contributed by atoms with Crippen LogP contribution in [0, 0.1) is 6.92 Å². The molecule has 2 nitrogen and oxygen atoms in total. The SMILES string of the molecule is Cc1cccc([C@@H](C)NC(=O)C(Cl)c2ccccc2)c1. The molecule has 0 aromatic heterocycles. The predicted octanol–water partition coefficient (Wildman–Crippen LogP) is 4.15. The maximum Gasteiger partial charge on any atom is 0.243 e. The van der Waals surface area contributed by atoms with Crippen LogP contribution in [-0.4, -0.2) is 5.91 Å². The minimum atomic E-state index is -0.663. The van der Waals surface area contributed by atoms with Crippen LogP contribution in [0.2, 0.25) is 0 Å². The zero-order valence-corrected chi connectivity index (χ0v) is 12.4. The van der Waals surface area contributed by atoms with Gasteiger partial charge < -0.3 is 5.32 Å². The summed E-state index contributed by atoms with van der Waals surface area (Å²) in [6, 6.07) is 17.4. The lowest BCUT2D eigenvalue weighted by Gasteiger charge is -2.17. The van der Waals surface area contributed by atoms with E-state index < -0.39 is 5.38 Å². The lowest BCUT2D eigenvalue weighted by atomic mass is 10.1. The number of rotatable bonds is 4. The Morgan fingerprint density at radius 3 is 2.35 bits per heavy atom. The van der Waals surface area contributed by atoms with Crippen molar-refractivity contribution in [1.29, 1.82) is 0 Å². The molecule has 1 N–H and O–H groups in total. The molecule has 104 valence electrons. The number of carbonyl (C=O) groups is 1. The van der Waals surface area contributed by atoms with Crippen molar-refractivity contribution in [2.75, 3.05) is 0 Å². The standard InChI is InChI=1S/C17H18ClNO/c1-12-7-6-10-15(11-12)13(2)19-17(20)16(18)14-8-4-3-5-9-14/h3-11,13,16H,1-2H3,(H,19,20)/t13-,16?/m1/s1. The maximum absolute atomic E-state index is 12.2. The van der Waals surface area contributed by atoms with Crippen LogP contribution in [0.3, 0.4) is 0 Å². The van der Waals surface area contributed by atoms with Crippen LogP contribution in [0.1, 0.15) is 35.0 Å². The molecule has 2 aromatic rings. The normalized spacial score (nSPS) is 13.6. The lowest BCUT2D eigenvalue weighted by Crippen LogP contribution is -2.29. The first kappa shape index (κ1) is 14.6. The summed E-state index contributed by atoms with van der Waals surface area (Å²) in [6.45, 7) is 3.99. The Morgan fingerprint density at radius 1 is 1.05 bits per heavy atom. The van der Waals surface area contributed by atoms with E-state index in [-0.39, 0.29) is 11.9 Å². The second-order valence-electron chi connectivity index (χ2n) is 4.92. The third kappa shape index (κ3) is 3.61. The van der Waals surface area contributed by atoms with Gasteiger partial charge in [-0.05, 0) is 25.0 Å². The smallest absolute Gasteiger partial charge is 0.243 e. The van der Waals surface area contributed by atoms with Gasteiger partial charge in [-0.2, -0.15) is 0 Å². The van der Waals surface area contributed by atoms with E-state index in [2.05, 4.69) is 11.4 Å². The van der Waals surface area contributed by atoms with Crippen LogP contribution in [0.5, 0.6) is 0 Å². The maximum atomic E-state index is 12.2. The zero-order chi connectivity index (χ0) is 14.5. The second-order valence-corrected chi connectivity index (χ2v) is 5.35. The summed E-state index contributed by atoms with van der Waals surface area (Å²) in [5, 5.41) is 2.29. The first-order valence-corrected chi connectivity index (χ1v) is 7.07. The van der Waals surface area contributed by atoms with Crippen LogP contribution in [0.25, 0.3) is 0 Å². The van der Waals surface area contributed by atoms with Crippen molar-refractivity contribution < 1.29 is 4.79 Å². The van der Waals surface area contributed by atoms with Crippen molar-refractivity contribution >= 4 is 17.5 Å². The number of hydrogen-bond acceptors (Lipinski definition) is 1. The minimum Gasteiger partial charge on any atom is -0.348 e. The summed E-state index contributed by atoms with van der Waals surface area (Å²) in [5.41, 5.74) is 3.06. The van der Waals surface area contributed by atoms with Gasteiger partial charge in [-0.25, -0.2) is 0 Å². The van der Waals surface area contributed by atoms with E-state index in [9.17, 15) is 4.79 Å². The Labute approximate surface area is 124 Å². The number of nitrogens with one attached hydrogen (secondary N) is 1. The number of aryl methyl sites for hydroxylation is 1. The molecule has 1 amide bonds. The molecular formula is C17H18ClNO. The van der Waals surface area contributed by atoms with E-state index >= 15 is 0 Å². The van der Waals surface area contributed by atoms with Crippen LogP contribution in [-0.2, 0) is 4.79 Å². The molecule has 0 aliphatic heterocycles. The number of halogens is 1. The summed E-state index contributed by atoms with van der Waals surface area (Å²) in [7, 11) is 0. The highest BCUT2D eigenvalue weighted by Crippen LogP contribution is 2.22. The molecule has 0 bridgehead atoms. The molecule has 0 spiro atoms. The molecule has 20 heavy (non-hydrogen) atoms. The second kappa shape index (κ2) is 6.58. The topological polar surface area (TPSA) is 29.1 Å². The molecule has 3 heteroatoms. The van der Waals surface area contributed by atoms with E-state index in [0.717, 1.165) is 11.1 Å². The molecule has 2 atom stereocenters. The molecule has 0 aliphatic rings. The monoisotopic (exact) mass is 287 g/mol. The highest BCUT2D eigenvalue weighted by Gasteiger charge is 2.19. The quantitative estimate of drug-likeness (QED) is 0.841. The molecule has 0 saturated heterocycles. The molecular weight excluding hydrogens is 270 g/mol. The first-order valence-electron chi connectivity index (χ1n) is 6.64. The first-order chi connectivity index (χ1) is 9.58. The highest BCUT2D eigenvalue weighted by molar-refractivity contribution is 6.30. The van der Waals surface area contributed by atoms with Gasteiger partial charge in [-0.3, -0.25) is 4.79 Å². The van der Waals surface area contributed by atoms with Crippen molar-refractivity contribution in [1.82, 2.24) is 5.32 Å². The highest BCUT2D eigenvalue weighted by atomic mass is 35.5. The fraction of sp³-hybridized carbons (Fsp3) is 0.235. The molecule has 0 fully saturated rings. The van der Waals surface area contributed by atoms with Gasteiger partial charge in [0, 0.05) is 0 Å². The Kier molecular flexibility index (Phi) is 4.80. The summed E-state index contributed by atoms with van der Waals surface area (Å²) in [4.78, 5) is 12.2. The molecule has 2 rings (SSSR count).